The molecule has 2 aliphatic heterocycles. The second-order valence-corrected chi connectivity index (χ2v) is 8.29. The van der Waals surface area contributed by atoms with Crippen molar-refractivity contribution in [1.29, 1.82) is 0 Å². The molecule has 3 rings (SSSR count). The summed E-state index contributed by atoms with van der Waals surface area (Å²) in [5.74, 6) is 2.37. The number of thioether (sulfide) groups is 1. The molecule has 0 N–H and O–H groups in total. The number of hydrogen-bond acceptors (Lipinski definition) is 6. The van der Waals surface area contributed by atoms with Gasteiger partial charge in [0.2, 0.25) is 0 Å². The molecule has 0 saturated carbocycles. The minimum Gasteiger partial charge on any atom is -0.333 e. The van der Waals surface area contributed by atoms with Crippen molar-refractivity contribution >= 4 is 29.2 Å². The smallest absolute Gasteiger partial charge is 0.267 e. The summed E-state index contributed by atoms with van der Waals surface area (Å²) >= 11 is 3.26. The number of hydrogen-bond donors (Lipinski definition) is 0. The fourth-order valence-electron chi connectivity index (χ4n) is 3.41. The monoisotopic (exact) mass is 354 g/mol. The minimum absolute atomic E-state index is 0.162. The molecule has 0 aliphatic carbocycles. The number of amides is 1. The Kier molecular flexibility index (Phi) is 6.30. The van der Waals surface area contributed by atoms with E-state index in [1.165, 1.54) is 37.5 Å². The van der Waals surface area contributed by atoms with E-state index in [-0.39, 0.29) is 5.91 Å². The highest BCUT2D eigenvalue weighted by Gasteiger charge is 2.31. The lowest BCUT2D eigenvalue weighted by Gasteiger charge is -2.32. The Morgan fingerprint density at radius 3 is 2.87 bits per heavy atom. The Bertz CT molecular complexity index is 516. The molecular weight excluding hydrogens is 328 g/mol. The molecule has 1 amide bonds. The van der Waals surface area contributed by atoms with Crippen LogP contribution in [-0.2, 0) is 6.42 Å². The van der Waals surface area contributed by atoms with Crippen molar-refractivity contribution in [2.75, 3.05) is 37.7 Å². The highest BCUT2D eigenvalue weighted by Crippen LogP contribution is 2.23. The average molecular weight is 355 g/mol. The Morgan fingerprint density at radius 2 is 2.09 bits per heavy atom. The molecule has 1 aromatic heterocycles. The second-order valence-electron chi connectivity index (χ2n) is 6.39. The van der Waals surface area contributed by atoms with Gasteiger partial charge in [0, 0.05) is 18.8 Å². The number of aryl methyl sites for hydroxylation is 1. The molecular formula is C16H26N4OS2. The van der Waals surface area contributed by atoms with E-state index < -0.39 is 0 Å². The van der Waals surface area contributed by atoms with Crippen LogP contribution in [0.4, 0.5) is 0 Å². The first-order chi connectivity index (χ1) is 11.3. The summed E-state index contributed by atoms with van der Waals surface area (Å²) in [7, 11) is 0. The minimum atomic E-state index is 0.162. The first-order valence-corrected chi connectivity index (χ1v) is 10.6. The van der Waals surface area contributed by atoms with Crippen LogP contribution in [0.3, 0.4) is 0 Å². The molecule has 0 aromatic carbocycles. The average Bonchev–Trinajstić information content (AvgIpc) is 3.16. The number of carbonyl (C=O) groups excluding carboxylic acids is 1. The third-order valence-corrected chi connectivity index (χ3v) is 6.56. The molecule has 128 valence electrons. The summed E-state index contributed by atoms with van der Waals surface area (Å²) in [4.78, 5) is 18.5. The third-order valence-electron chi connectivity index (χ3n) is 4.60. The summed E-state index contributed by atoms with van der Waals surface area (Å²) in [6, 6.07) is 0.324. The fourth-order valence-corrected chi connectivity index (χ4v) is 5.13. The topological polar surface area (TPSA) is 49.3 Å². The largest absolute Gasteiger partial charge is 0.333 e. The van der Waals surface area contributed by atoms with Gasteiger partial charge in [0.05, 0.1) is 11.7 Å². The van der Waals surface area contributed by atoms with E-state index in [0.717, 1.165) is 54.4 Å². The number of likely N-dealkylation sites (tertiary alicyclic amines) is 1. The summed E-state index contributed by atoms with van der Waals surface area (Å²) in [6.45, 7) is 6.38. The standard InChI is InChI=1S/C16H26N4OS2/c1-2-6-14-15(23-18-17-14)16(21)20-9-5-10-22-12-13(20)11-19-7-3-4-8-19/h13H,2-12H2,1H3. The van der Waals surface area contributed by atoms with Gasteiger partial charge < -0.3 is 9.80 Å². The van der Waals surface area contributed by atoms with Crippen LogP contribution in [-0.4, -0.2) is 69.0 Å². The first-order valence-electron chi connectivity index (χ1n) is 8.72. The maximum atomic E-state index is 13.1. The third kappa shape index (κ3) is 4.25. The number of nitrogens with zero attached hydrogens (tertiary/aromatic N) is 4. The van der Waals surface area contributed by atoms with Crippen LogP contribution in [0.15, 0.2) is 0 Å². The summed E-state index contributed by atoms with van der Waals surface area (Å²) in [5.41, 5.74) is 0.888. The predicted molar refractivity (Wildman–Crippen MR) is 96.3 cm³/mol. The second kappa shape index (κ2) is 8.44. The fraction of sp³-hybridized carbons (Fsp3) is 0.812. The first kappa shape index (κ1) is 17.2. The molecule has 0 radical (unpaired) electrons. The molecule has 0 bridgehead atoms. The van der Waals surface area contributed by atoms with Gasteiger partial charge in [0.15, 0.2) is 0 Å². The molecule has 1 unspecified atom stereocenters. The number of rotatable bonds is 5. The predicted octanol–water partition coefficient (Wildman–Crippen LogP) is 2.53. The lowest BCUT2D eigenvalue weighted by atomic mass is 10.2. The van der Waals surface area contributed by atoms with Gasteiger partial charge in [-0.15, -0.1) is 5.10 Å². The zero-order valence-corrected chi connectivity index (χ0v) is 15.5. The van der Waals surface area contributed by atoms with Crippen LogP contribution >= 0.6 is 23.3 Å². The van der Waals surface area contributed by atoms with Gasteiger partial charge in [-0.3, -0.25) is 4.79 Å². The van der Waals surface area contributed by atoms with E-state index in [2.05, 4.69) is 26.3 Å². The normalized spacial score (nSPS) is 23.2. The van der Waals surface area contributed by atoms with E-state index in [1.54, 1.807) is 0 Å². The van der Waals surface area contributed by atoms with E-state index in [4.69, 9.17) is 0 Å². The van der Waals surface area contributed by atoms with Gasteiger partial charge in [0.1, 0.15) is 4.88 Å². The van der Waals surface area contributed by atoms with Crippen molar-refractivity contribution in [2.24, 2.45) is 0 Å². The number of aromatic nitrogens is 2. The van der Waals surface area contributed by atoms with Crippen LogP contribution in [0.25, 0.3) is 0 Å². The van der Waals surface area contributed by atoms with Gasteiger partial charge >= 0.3 is 0 Å². The SMILES string of the molecule is CCCc1nnsc1C(=O)N1CCCSCC1CN1CCCC1. The van der Waals surface area contributed by atoms with Crippen LogP contribution in [0, 0.1) is 0 Å². The van der Waals surface area contributed by atoms with Crippen LogP contribution < -0.4 is 0 Å². The Hall–Kier alpha value is -0.660. The van der Waals surface area contributed by atoms with Gasteiger partial charge in [-0.05, 0) is 56.1 Å². The summed E-state index contributed by atoms with van der Waals surface area (Å²) in [5, 5.41) is 4.18. The highest BCUT2D eigenvalue weighted by molar-refractivity contribution is 7.99. The zero-order chi connectivity index (χ0) is 16.1. The van der Waals surface area contributed by atoms with Crippen molar-refractivity contribution < 1.29 is 4.79 Å². The van der Waals surface area contributed by atoms with Gasteiger partial charge in [0.25, 0.3) is 5.91 Å². The molecule has 7 heteroatoms. The van der Waals surface area contributed by atoms with Gasteiger partial charge in [-0.1, -0.05) is 17.8 Å². The Morgan fingerprint density at radius 1 is 1.26 bits per heavy atom. The van der Waals surface area contributed by atoms with E-state index in [0.29, 0.717) is 6.04 Å². The quantitative estimate of drug-likeness (QED) is 0.813. The van der Waals surface area contributed by atoms with Crippen LogP contribution in [0.2, 0.25) is 0 Å². The van der Waals surface area contributed by atoms with Crippen molar-refractivity contribution in [3.05, 3.63) is 10.6 Å². The molecule has 3 heterocycles. The van der Waals surface area contributed by atoms with Crippen LogP contribution in [0.5, 0.6) is 0 Å². The summed E-state index contributed by atoms with van der Waals surface area (Å²) in [6.07, 6.45) is 5.53. The van der Waals surface area contributed by atoms with Crippen molar-refractivity contribution in [1.82, 2.24) is 19.4 Å². The van der Waals surface area contributed by atoms with Gasteiger partial charge in [-0.25, -0.2) is 0 Å². The molecule has 0 spiro atoms. The maximum absolute atomic E-state index is 13.1. The lowest BCUT2D eigenvalue weighted by molar-refractivity contribution is 0.0670. The summed E-state index contributed by atoms with van der Waals surface area (Å²) < 4.78 is 4.04. The van der Waals surface area contributed by atoms with E-state index in [1.807, 2.05) is 11.8 Å². The van der Waals surface area contributed by atoms with E-state index >= 15 is 0 Å². The van der Waals surface area contributed by atoms with Gasteiger partial charge in [-0.2, -0.15) is 11.8 Å². The maximum Gasteiger partial charge on any atom is 0.267 e. The van der Waals surface area contributed by atoms with Crippen molar-refractivity contribution in [3.8, 4) is 0 Å². The Labute approximate surface area is 147 Å². The molecule has 1 atom stereocenters. The zero-order valence-electron chi connectivity index (χ0n) is 13.9. The molecule has 2 saturated heterocycles. The lowest BCUT2D eigenvalue weighted by Crippen LogP contribution is -2.47. The molecule has 5 nitrogen and oxygen atoms in total. The molecule has 23 heavy (non-hydrogen) atoms. The van der Waals surface area contributed by atoms with Crippen molar-refractivity contribution in [3.63, 3.8) is 0 Å². The van der Waals surface area contributed by atoms with Crippen LogP contribution in [0.1, 0.15) is 48.0 Å². The Balaban J connectivity index is 1.74. The molecule has 2 fully saturated rings. The van der Waals surface area contributed by atoms with E-state index in [9.17, 15) is 4.79 Å². The molecule has 2 aliphatic rings. The molecule has 1 aromatic rings. The highest BCUT2D eigenvalue weighted by atomic mass is 32.2. The number of carbonyl (C=O) groups is 1. The van der Waals surface area contributed by atoms with Crippen molar-refractivity contribution in [2.45, 2.75) is 45.1 Å².